The molecule has 0 N–H and O–H groups in total. The zero-order valence-corrected chi connectivity index (χ0v) is 7.23. The van der Waals surface area contributed by atoms with Crippen LogP contribution in [0.25, 0.3) is 0 Å². The Balaban J connectivity index is 2.61. The average Bonchev–Trinajstić information content (AvgIpc) is 2.04. The molecular formula is C8H12N2O2-2. The molecule has 0 saturated heterocycles. The molecule has 1 atom stereocenters. The van der Waals surface area contributed by atoms with E-state index in [1.54, 1.807) is 18.2 Å². The molecule has 0 amide bonds. The van der Waals surface area contributed by atoms with Gasteiger partial charge >= 0.3 is 0 Å². The summed E-state index contributed by atoms with van der Waals surface area (Å²) >= 11 is 0. The maximum atomic E-state index is 10.9. The van der Waals surface area contributed by atoms with E-state index in [0.29, 0.717) is 12.1 Å². The standard InChI is InChI=1S/C8H12N2O2/c1-9(11)7-4-3-5-8(6-7)10(2)12/h3-5,7H,6H2,1-2H3/q-2. The van der Waals surface area contributed by atoms with Gasteiger partial charge in [0, 0.05) is 18.2 Å². The molecule has 1 aliphatic carbocycles. The number of hydrogen-bond donors (Lipinski definition) is 0. The minimum absolute atomic E-state index is 0.193. The summed E-state index contributed by atoms with van der Waals surface area (Å²) in [6, 6.07) is -0.193. The minimum Gasteiger partial charge on any atom is -0.785 e. The second-order valence-electron chi connectivity index (χ2n) is 2.86. The lowest BCUT2D eigenvalue weighted by atomic mass is 10.1. The zero-order chi connectivity index (χ0) is 9.14. The van der Waals surface area contributed by atoms with Crippen molar-refractivity contribution in [2.75, 3.05) is 14.1 Å². The third-order valence-electron chi connectivity index (χ3n) is 1.91. The fourth-order valence-electron chi connectivity index (χ4n) is 1.13. The summed E-state index contributed by atoms with van der Waals surface area (Å²) in [5.41, 5.74) is 0.644. The number of allylic oxidation sites excluding steroid dienone is 2. The fraction of sp³-hybridized carbons (Fsp3) is 0.500. The van der Waals surface area contributed by atoms with Crippen LogP contribution in [0.15, 0.2) is 23.9 Å². The smallest absolute Gasteiger partial charge is 0.0216 e. The number of hydrogen-bond acceptors (Lipinski definition) is 4. The van der Waals surface area contributed by atoms with Crippen LogP contribution in [-0.4, -0.2) is 30.3 Å². The van der Waals surface area contributed by atoms with Gasteiger partial charge in [0.25, 0.3) is 0 Å². The van der Waals surface area contributed by atoms with Gasteiger partial charge in [-0.25, -0.2) is 0 Å². The maximum absolute atomic E-state index is 10.9. The Morgan fingerprint density at radius 2 is 2.08 bits per heavy atom. The molecule has 1 aliphatic rings. The van der Waals surface area contributed by atoms with Crippen molar-refractivity contribution in [2.24, 2.45) is 0 Å². The number of likely N-dealkylation sites (N-methyl/N-ethyl adjacent to an activating group) is 1. The third-order valence-corrected chi connectivity index (χ3v) is 1.91. The molecule has 0 aromatic carbocycles. The average molecular weight is 168 g/mol. The molecule has 4 heteroatoms. The van der Waals surface area contributed by atoms with Crippen molar-refractivity contribution in [3.63, 3.8) is 0 Å². The molecule has 68 valence electrons. The van der Waals surface area contributed by atoms with E-state index >= 15 is 0 Å². The van der Waals surface area contributed by atoms with Gasteiger partial charge in [-0.05, 0) is 20.2 Å². The van der Waals surface area contributed by atoms with Crippen LogP contribution >= 0.6 is 0 Å². The molecule has 0 radical (unpaired) electrons. The Bertz CT molecular complexity index is 209. The van der Waals surface area contributed by atoms with E-state index in [0.717, 1.165) is 10.1 Å². The van der Waals surface area contributed by atoms with E-state index in [2.05, 4.69) is 0 Å². The van der Waals surface area contributed by atoms with Gasteiger partial charge in [0.05, 0.1) is 0 Å². The maximum Gasteiger partial charge on any atom is 0.0216 e. The van der Waals surface area contributed by atoms with Gasteiger partial charge in [0.2, 0.25) is 0 Å². The van der Waals surface area contributed by atoms with Crippen LogP contribution in [0.1, 0.15) is 6.42 Å². The highest BCUT2D eigenvalue weighted by Crippen LogP contribution is 2.17. The number of hydroxylamine groups is 4. The van der Waals surface area contributed by atoms with Gasteiger partial charge in [0.15, 0.2) is 0 Å². The molecule has 0 aromatic rings. The highest BCUT2D eigenvalue weighted by Gasteiger charge is 2.09. The van der Waals surface area contributed by atoms with Crippen molar-refractivity contribution in [1.82, 2.24) is 10.1 Å². The van der Waals surface area contributed by atoms with Crippen molar-refractivity contribution in [1.29, 1.82) is 0 Å². The van der Waals surface area contributed by atoms with Gasteiger partial charge in [-0.2, -0.15) is 0 Å². The Kier molecular flexibility index (Phi) is 2.86. The van der Waals surface area contributed by atoms with Gasteiger partial charge in [-0.3, -0.25) is 0 Å². The molecule has 12 heavy (non-hydrogen) atoms. The van der Waals surface area contributed by atoms with Gasteiger partial charge in [0.1, 0.15) is 0 Å². The molecule has 1 rings (SSSR count). The summed E-state index contributed by atoms with van der Waals surface area (Å²) in [6.07, 6.45) is 5.76. The molecule has 4 nitrogen and oxygen atoms in total. The Morgan fingerprint density at radius 3 is 2.58 bits per heavy atom. The molecule has 0 bridgehead atoms. The van der Waals surface area contributed by atoms with E-state index in [4.69, 9.17) is 0 Å². The third kappa shape index (κ3) is 2.07. The molecule has 0 spiro atoms. The molecule has 0 aromatic heterocycles. The topological polar surface area (TPSA) is 52.6 Å². The molecule has 0 aliphatic heterocycles. The first-order valence-corrected chi connectivity index (χ1v) is 3.79. The first-order valence-electron chi connectivity index (χ1n) is 3.79. The van der Waals surface area contributed by atoms with Gasteiger partial charge in [-0.15, -0.1) is 0 Å². The fourth-order valence-corrected chi connectivity index (χ4v) is 1.13. The molecule has 0 fully saturated rings. The monoisotopic (exact) mass is 168 g/mol. The van der Waals surface area contributed by atoms with Crippen LogP contribution in [0.3, 0.4) is 0 Å². The molecule has 0 heterocycles. The second-order valence-corrected chi connectivity index (χ2v) is 2.86. The highest BCUT2D eigenvalue weighted by atomic mass is 16.5. The Labute approximate surface area is 71.9 Å². The van der Waals surface area contributed by atoms with Crippen molar-refractivity contribution in [2.45, 2.75) is 12.5 Å². The van der Waals surface area contributed by atoms with Crippen LogP contribution in [-0.2, 0) is 0 Å². The van der Waals surface area contributed by atoms with E-state index < -0.39 is 0 Å². The van der Waals surface area contributed by atoms with E-state index in [1.165, 1.54) is 14.1 Å². The van der Waals surface area contributed by atoms with Crippen LogP contribution in [0.5, 0.6) is 0 Å². The van der Waals surface area contributed by atoms with Crippen LogP contribution in [0.2, 0.25) is 0 Å². The van der Waals surface area contributed by atoms with Crippen molar-refractivity contribution in [3.8, 4) is 0 Å². The lowest BCUT2D eigenvalue weighted by molar-refractivity contribution is 0.359. The summed E-state index contributed by atoms with van der Waals surface area (Å²) in [5.74, 6) is 0. The van der Waals surface area contributed by atoms with E-state index in [-0.39, 0.29) is 6.04 Å². The van der Waals surface area contributed by atoms with Crippen LogP contribution < -0.4 is 0 Å². The lowest BCUT2D eigenvalue weighted by Gasteiger charge is -2.37. The predicted molar refractivity (Wildman–Crippen MR) is 47.9 cm³/mol. The van der Waals surface area contributed by atoms with Crippen molar-refractivity contribution < 1.29 is 0 Å². The number of rotatable bonds is 2. The van der Waals surface area contributed by atoms with Gasteiger partial charge in [-0.1, -0.05) is 12.2 Å². The Hall–Kier alpha value is -0.840. The van der Waals surface area contributed by atoms with E-state index in [1.807, 2.05) is 0 Å². The summed E-state index contributed by atoms with van der Waals surface area (Å²) in [4.78, 5) is 0. The minimum atomic E-state index is -0.193. The largest absolute Gasteiger partial charge is 0.785 e. The summed E-state index contributed by atoms with van der Waals surface area (Å²) in [5, 5.41) is 23.4. The first-order chi connectivity index (χ1) is 5.61. The normalized spacial score (nSPS) is 22.8. The molecule has 0 saturated carbocycles. The zero-order valence-electron chi connectivity index (χ0n) is 7.23. The second kappa shape index (κ2) is 3.71. The van der Waals surface area contributed by atoms with Crippen LogP contribution in [0.4, 0.5) is 0 Å². The predicted octanol–water partition coefficient (Wildman–Crippen LogP) is 1.06. The lowest BCUT2D eigenvalue weighted by Crippen LogP contribution is -2.28. The Morgan fingerprint density at radius 1 is 1.42 bits per heavy atom. The van der Waals surface area contributed by atoms with Gasteiger partial charge < -0.3 is 20.5 Å². The SMILES string of the molecule is CN([O-])C1=CC=CC(N(C)[O-])C1. The number of nitrogens with zero attached hydrogens (tertiary/aromatic N) is 2. The van der Waals surface area contributed by atoms with E-state index in [9.17, 15) is 10.4 Å². The molecular weight excluding hydrogens is 156 g/mol. The quantitative estimate of drug-likeness (QED) is 0.578. The van der Waals surface area contributed by atoms with Crippen molar-refractivity contribution >= 4 is 0 Å². The van der Waals surface area contributed by atoms with Crippen molar-refractivity contribution in [3.05, 3.63) is 34.3 Å². The first kappa shape index (κ1) is 9.25. The highest BCUT2D eigenvalue weighted by molar-refractivity contribution is 5.21. The summed E-state index contributed by atoms with van der Waals surface area (Å²) < 4.78 is 0. The summed E-state index contributed by atoms with van der Waals surface area (Å²) in [7, 11) is 2.90. The molecule has 1 unspecified atom stereocenters. The van der Waals surface area contributed by atoms with Crippen LogP contribution in [0, 0.1) is 10.4 Å². The summed E-state index contributed by atoms with van der Waals surface area (Å²) in [6.45, 7) is 0.